The number of anilines is 1. The van der Waals surface area contributed by atoms with Crippen LogP contribution in [0.25, 0.3) is 31.7 Å². The zero-order valence-electron chi connectivity index (χ0n) is 19.9. The van der Waals surface area contributed by atoms with E-state index in [1.807, 2.05) is 58.8 Å². The third-order valence-electron chi connectivity index (χ3n) is 5.79. The number of aromatic nitrogens is 2. The van der Waals surface area contributed by atoms with E-state index in [0.717, 1.165) is 55.4 Å². The van der Waals surface area contributed by atoms with Gasteiger partial charge in [0.25, 0.3) is 5.91 Å². The number of hydrogen-bond acceptors (Lipinski definition) is 6. The van der Waals surface area contributed by atoms with Crippen LogP contribution in [0.1, 0.15) is 22.3 Å². The topological polar surface area (TPSA) is 49.3 Å². The van der Waals surface area contributed by atoms with Crippen molar-refractivity contribution in [2.75, 3.05) is 32.1 Å². The van der Waals surface area contributed by atoms with Gasteiger partial charge in [-0.1, -0.05) is 47.7 Å². The summed E-state index contributed by atoms with van der Waals surface area (Å²) < 4.78 is 1.10. The highest BCUT2D eigenvalue weighted by molar-refractivity contribution is 7.22. The lowest BCUT2D eigenvalue weighted by Gasteiger charge is -2.22. The number of pyridine rings is 1. The second-order valence-corrected chi connectivity index (χ2v) is 10.5. The maximum absolute atomic E-state index is 14.2. The van der Waals surface area contributed by atoms with E-state index in [4.69, 9.17) is 9.97 Å². The lowest BCUT2D eigenvalue weighted by atomic mass is 10.1. The molecule has 1 amide bonds. The molecule has 2 aromatic carbocycles. The van der Waals surface area contributed by atoms with Gasteiger partial charge in [-0.2, -0.15) is 0 Å². The minimum atomic E-state index is -0.0353. The van der Waals surface area contributed by atoms with E-state index in [2.05, 4.69) is 38.1 Å². The van der Waals surface area contributed by atoms with E-state index in [1.54, 1.807) is 22.7 Å². The zero-order chi connectivity index (χ0) is 23.7. The molecule has 0 saturated carbocycles. The van der Waals surface area contributed by atoms with Crippen molar-refractivity contribution in [1.29, 1.82) is 0 Å². The normalized spacial score (nSPS) is 11.2. The smallest absolute Gasteiger partial charge is 0.260 e. The minimum Gasteiger partial charge on any atom is -0.309 e. The summed E-state index contributed by atoms with van der Waals surface area (Å²) >= 11 is 3.20. The van der Waals surface area contributed by atoms with E-state index in [9.17, 15) is 4.79 Å². The Morgan fingerprint density at radius 2 is 1.80 bits per heavy atom. The second-order valence-electron chi connectivity index (χ2n) is 8.58. The molecule has 35 heavy (non-hydrogen) atoms. The highest BCUT2D eigenvalue weighted by atomic mass is 35.5. The van der Waals surface area contributed by atoms with Gasteiger partial charge in [-0.05, 0) is 69.2 Å². The number of hydrogen-bond donors (Lipinski definition) is 0. The molecule has 0 unspecified atom stereocenters. The molecule has 0 fully saturated rings. The molecule has 0 aliphatic rings. The number of thiazole rings is 1. The van der Waals surface area contributed by atoms with Crippen LogP contribution in [0.4, 0.5) is 5.13 Å². The summed E-state index contributed by atoms with van der Waals surface area (Å²) in [6, 6.07) is 20.0. The van der Waals surface area contributed by atoms with Crippen molar-refractivity contribution in [3.8, 4) is 10.6 Å². The molecule has 0 radical (unpaired) electrons. The van der Waals surface area contributed by atoms with Crippen LogP contribution in [-0.4, -0.2) is 48.0 Å². The summed E-state index contributed by atoms with van der Waals surface area (Å²) in [4.78, 5) is 29.0. The Morgan fingerprint density at radius 1 is 0.971 bits per heavy atom. The Balaban J connectivity index is 0.00000289. The van der Waals surface area contributed by atoms with Gasteiger partial charge in [0.2, 0.25) is 0 Å². The first kappa shape index (κ1) is 25.3. The lowest BCUT2D eigenvalue weighted by Crippen LogP contribution is -2.33. The van der Waals surface area contributed by atoms with Crippen LogP contribution in [0.15, 0.2) is 66.0 Å². The van der Waals surface area contributed by atoms with E-state index in [1.165, 1.54) is 0 Å². The molecule has 0 N–H and O–H groups in total. The molecule has 0 spiro atoms. The number of benzene rings is 2. The summed E-state index contributed by atoms with van der Waals surface area (Å²) in [6.07, 6.45) is 0.856. The lowest BCUT2D eigenvalue weighted by molar-refractivity contribution is 0.0987. The van der Waals surface area contributed by atoms with Crippen LogP contribution >= 0.6 is 35.1 Å². The number of amides is 1. The van der Waals surface area contributed by atoms with Gasteiger partial charge in [-0.3, -0.25) is 9.69 Å². The number of carbonyl (C=O) groups is 1. The fourth-order valence-electron chi connectivity index (χ4n) is 4.07. The van der Waals surface area contributed by atoms with Crippen LogP contribution in [0, 0.1) is 6.92 Å². The van der Waals surface area contributed by atoms with Gasteiger partial charge in [0.15, 0.2) is 5.13 Å². The average molecular weight is 523 g/mol. The molecule has 0 saturated heterocycles. The Kier molecular flexibility index (Phi) is 7.82. The predicted octanol–water partition coefficient (Wildman–Crippen LogP) is 6.90. The molecule has 3 aromatic heterocycles. The number of carbonyl (C=O) groups excluding carboxylic acids is 1. The molecule has 5 nitrogen and oxygen atoms in total. The van der Waals surface area contributed by atoms with E-state index in [-0.39, 0.29) is 18.3 Å². The zero-order valence-corrected chi connectivity index (χ0v) is 22.3. The van der Waals surface area contributed by atoms with Crippen LogP contribution in [0.3, 0.4) is 0 Å². The Hall–Kier alpha value is -2.84. The van der Waals surface area contributed by atoms with Crippen LogP contribution in [0.2, 0.25) is 0 Å². The quantitative estimate of drug-likeness (QED) is 0.233. The maximum Gasteiger partial charge on any atom is 0.260 e. The molecule has 0 atom stereocenters. The van der Waals surface area contributed by atoms with Crippen molar-refractivity contribution < 1.29 is 4.79 Å². The summed E-state index contributed by atoms with van der Waals surface area (Å²) in [5.74, 6) is -0.0353. The van der Waals surface area contributed by atoms with Crippen molar-refractivity contribution in [1.82, 2.24) is 14.9 Å². The van der Waals surface area contributed by atoms with Gasteiger partial charge in [-0.25, -0.2) is 9.97 Å². The molecular formula is C27H27ClN4OS2. The van der Waals surface area contributed by atoms with E-state index < -0.39 is 0 Å². The number of thiophene rings is 1. The number of aryl methyl sites for hydroxylation is 1. The van der Waals surface area contributed by atoms with E-state index >= 15 is 0 Å². The van der Waals surface area contributed by atoms with Crippen LogP contribution in [-0.2, 0) is 0 Å². The van der Waals surface area contributed by atoms with Gasteiger partial charge in [0, 0.05) is 11.9 Å². The second kappa shape index (κ2) is 10.8. The number of halogens is 1. The Labute approximate surface area is 219 Å². The summed E-state index contributed by atoms with van der Waals surface area (Å²) in [5.41, 5.74) is 4.40. The first-order valence-corrected chi connectivity index (χ1v) is 13.0. The molecule has 5 rings (SSSR count). The van der Waals surface area contributed by atoms with Crippen molar-refractivity contribution >= 4 is 67.2 Å². The van der Waals surface area contributed by atoms with Crippen molar-refractivity contribution in [3.63, 3.8) is 0 Å². The molecule has 0 bridgehead atoms. The van der Waals surface area contributed by atoms with Crippen LogP contribution < -0.4 is 4.90 Å². The number of nitrogens with zero attached hydrogens (tertiary/aromatic N) is 4. The van der Waals surface area contributed by atoms with Crippen LogP contribution in [0.5, 0.6) is 0 Å². The fraction of sp³-hybridized carbons (Fsp3) is 0.222. The highest BCUT2D eigenvalue weighted by Crippen LogP contribution is 2.33. The summed E-state index contributed by atoms with van der Waals surface area (Å²) in [5, 5.41) is 3.64. The Morgan fingerprint density at radius 3 is 2.54 bits per heavy atom. The first-order chi connectivity index (χ1) is 16.5. The minimum absolute atomic E-state index is 0. The molecule has 0 aliphatic heterocycles. The third kappa shape index (κ3) is 5.23. The number of para-hydroxylation sites is 2. The molecule has 5 aromatic rings. The van der Waals surface area contributed by atoms with E-state index in [0.29, 0.717) is 12.1 Å². The van der Waals surface area contributed by atoms with Gasteiger partial charge < -0.3 is 4.90 Å². The summed E-state index contributed by atoms with van der Waals surface area (Å²) in [7, 11) is 4.10. The monoisotopic (exact) mass is 522 g/mol. The van der Waals surface area contributed by atoms with Crippen molar-refractivity contribution in [2.24, 2.45) is 0 Å². The molecule has 0 aliphatic carbocycles. The summed E-state index contributed by atoms with van der Waals surface area (Å²) in [6.45, 7) is 3.56. The third-order valence-corrected chi connectivity index (χ3v) is 7.73. The molecule has 180 valence electrons. The Bertz CT molecular complexity index is 1460. The van der Waals surface area contributed by atoms with Gasteiger partial charge in [0.05, 0.1) is 31.9 Å². The van der Waals surface area contributed by atoms with Gasteiger partial charge in [-0.15, -0.1) is 23.7 Å². The molecule has 3 heterocycles. The molecule has 8 heteroatoms. The first-order valence-electron chi connectivity index (χ1n) is 11.3. The number of fused-ring (bicyclic) bond motifs is 2. The predicted molar refractivity (Wildman–Crippen MR) is 152 cm³/mol. The van der Waals surface area contributed by atoms with Crippen molar-refractivity contribution in [2.45, 2.75) is 13.3 Å². The average Bonchev–Trinajstić information content (AvgIpc) is 3.52. The van der Waals surface area contributed by atoms with Crippen molar-refractivity contribution in [3.05, 3.63) is 77.2 Å². The highest BCUT2D eigenvalue weighted by Gasteiger charge is 2.24. The largest absolute Gasteiger partial charge is 0.309 e. The molecular weight excluding hydrogens is 496 g/mol. The SMILES string of the molecule is Cc1cccc2sc(N(CCCN(C)C)C(=O)c3cc(-c4cccs4)nc4ccccc34)nc12.Cl. The van der Waals surface area contributed by atoms with Gasteiger partial charge >= 0.3 is 0 Å². The maximum atomic E-state index is 14.2. The number of rotatable bonds is 7. The van der Waals surface area contributed by atoms with Gasteiger partial charge in [0.1, 0.15) is 0 Å². The standard InChI is InChI=1S/C27H26N4OS2.ClH/c1-18-9-6-12-24-25(18)29-27(34-24)31(15-8-14-30(2)3)26(32)20-17-22(23-13-7-16-33-23)28-21-11-5-4-10-19(20)21;/h4-7,9-13,16-17H,8,14-15H2,1-3H3;1H. The fourth-order valence-corrected chi connectivity index (χ4v) is 5.82.